The Labute approximate surface area is 178 Å². The van der Waals surface area contributed by atoms with Crippen molar-refractivity contribution >= 4 is 44.0 Å². The Morgan fingerprint density at radius 2 is 1.23 bits per heavy atom. The fourth-order valence-electron chi connectivity index (χ4n) is 3.72. The Balaban J connectivity index is 1.45. The predicted octanol–water partition coefficient (Wildman–Crippen LogP) is 4.44. The molecular formula is C24H16N2O4S. The van der Waals surface area contributed by atoms with Gasteiger partial charge in [0.1, 0.15) is 0 Å². The molecule has 6 nitrogen and oxygen atoms in total. The Morgan fingerprint density at radius 1 is 0.645 bits per heavy atom. The summed E-state index contributed by atoms with van der Waals surface area (Å²) in [5.74, 6) is -0.852. The average Bonchev–Trinajstić information content (AvgIpc) is 3.04. The van der Waals surface area contributed by atoms with E-state index in [-0.39, 0.29) is 4.90 Å². The number of anilines is 2. The molecule has 0 saturated heterocycles. The molecule has 2 amide bonds. The van der Waals surface area contributed by atoms with E-state index in [1.807, 2.05) is 30.3 Å². The Hall–Kier alpha value is -3.97. The molecule has 31 heavy (non-hydrogen) atoms. The minimum Gasteiger partial charge on any atom is -0.279 e. The zero-order chi connectivity index (χ0) is 21.6. The minimum absolute atomic E-state index is 0.0285. The number of hydrogen-bond donors (Lipinski definition) is 1. The summed E-state index contributed by atoms with van der Waals surface area (Å²) < 4.78 is 28.5. The Kier molecular flexibility index (Phi) is 4.34. The van der Waals surface area contributed by atoms with Crippen molar-refractivity contribution < 1.29 is 18.0 Å². The van der Waals surface area contributed by atoms with Gasteiger partial charge in [-0.15, -0.1) is 0 Å². The molecule has 0 aromatic heterocycles. The summed E-state index contributed by atoms with van der Waals surface area (Å²) in [5.41, 5.74) is 1.46. The average molecular weight is 428 g/mol. The lowest BCUT2D eigenvalue weighted by Gasteiger charge is -2.15. The van der Waals surface area contributed by atoms with E-state index in [1.165, 1.54) is 24.3 Å². The first-order chi connectivity index (χ1) is 15.0. The number of sulfonamides is 1. The van der Waals surface area contributed by atoms with Gasteiger partial charge < -0.3 is 0 Å². The van der Waals surface area contributed by atoms with Crippen molar-refractivity contribution in [2.75, 3.05) is 9.62 Å². The molecule has 1 N–H and O–H groups in total. The van der Waals surface area contributed by atoms with Crippen LogP contribution in [0.4, 0.5) is 11.4 Å². The molecule has 0 saturated carbocycles. The fourth-order valence-corrected chi connectivity index (χ4v) is 4.80. The maximum atomic E-state index is 12.9. The van der Waals surface area contributed by atoms with Crippen molar-refractivity contribution in [3.05, 3.63) is 102 Å². The quantitative estimate of drug-likeness (QED) is 0.487. The topological polar surface area (TPSA) is 83.6 Å². The van der Waals surface area contributed by atoms with Crippen molar-refractivity contribution in [3.8, 4) is 0 Å². The lowest BCUT2D eigenvalue weighted by Crippen LogP contribution is -2.29. The van der Waals surface area contributed by atoms with E-state index < -0.39 is 21.8 Å². The highest BCUT2D eigenvalue weighted by Crippen LogP contribution is 2.30. The molecule has 0 bridgehead atoms. The van der Waals surface area contributed by atoms with Crippen molar-refractivity contribution in [1.29, 1.82) is 0 Å². The highest BCUT2D eigenvalue weighted by atomic mass is 32.2. The molecule has 152 valence electrons. The van der Waals surface area contributed by atoms with Gasteiger partial charge in [-0.25, -0.2) is 13.3 Å². The van der Waals surface area contributed by atoms with E-state index in [4.69, 9.17) is 0 Å². The van der Waals surface area contributed by atoms with Gasteiger partial charge in [-0.1, -0.05) is 48.5 Å². The van der Waals surface area contributed by atoms with Crippen LogP contribution < -0.4 is 9.62 Å². The lowest BCUT2D eigenvalue weighted by atomic mass is 10.1. The van der Waals surface area contributed by atoms with Gasteiger partial charge in [-0.3, -0.25) is 14.3 Å². The standard InChI is InChI=1S/C24H16N2O4S/c27-23-20-9-3-4-10-21(20)24(28)26(23)17-12-14-18(15-13-17)31(29,30)25-22-11-5-7-16-6-1-2-8-19(16)22/h1-15,25H. The molecule has 4 aromatic carbocycles. The van der Waals surface area contributed by atoms with Crippen LogP contribution in [0.25, 0.3) is 10.8 Å². The largest absolute Gasteiger partial charge is 0.279 e. The molecule has 1 aliphatic heterocycles. The first kappa shape index (κ1) is 19.0. The second kappa shape index (κ2) is 7.07. The van der Waals surface area contributed by atoms with Crippen molar-refractivity contribution in [2.24, 2.45) is 0 Å². The number of benzene rings is 4. The summed E-state index contributed by atoms with van der Waals surface area (Å²) in [6.45, 7) is 0. The number of rotatable bonds is 4. The number of imide groups is 1. The van der Waals surface area contributed by atoms with Gasteiger partial charge in [0, 0.05) is 5.39 Å². The molecule has 0 fully saturated rings. The Bertz CT molecular complexity index is 1420. The van der Waals surface area contributed by atoms with E-state index in [0.29, 0.717) is 22.5 Å². The maximum absolute atomic E-state index is 12.9. The predicted molar refractivity (Wildman–Crippen MR) is 119 cm³/mol. The van der Waals surface area contributed by atoms with Crippen LogP contribution in [0.5, 0.6) is 0 Å². The van der Waals surface area contributed by atoms with Gasteiger partial charge >= 0.3 is 0 Å². The van der Waals surface area contributed by atoms with E-state index in [0.717, 1.165) is 15.7 Å². The maximum Gasteiger partial charge on any atom is 0.266 e. The van der Waals surface area contributed by atoms with E-state index in [1.54, 1.807) is 36.4 Å². The lowest BCUT2D eigenvalue weighted by molar-refractivity contribution is 0.0926. The molecule has 4 aromatic rings. The third kappa shape index (κ3) is 3.15. The van der Waals surface area contributed by atoms with Crippen LogP contribution in [0.2, 0.25) is 0 Å². The third-order valence-electron chi connectivity index (χ3n) is 5.23. The number of nitrogens with one attached hydrogen (secondary N) is 1. The zero-order valence-corrected chi connectivity index (χ0v) is 17.0. The number of carbonyl (C=O) groups excluding carboxylic acids is 2. The summed E-state index contributed by atoms with van der Waals surface area (Å²) in [6, 6.07) is 25.1. The SMILES string of the molecule is O=C1c2ccccc2C(=O)N1c1ccc(S(=O)(=O)Nc2cccc3ccccc23)cc1. The number of nitrogens with zero attached hydrogens (tertiary/aromatic N) is 1. The fraction of sp³-hybridized carbons (Fsp3) is 0. The zero-order valence-electron chi connectivity index (χ0n) is 16.1. The van der Waals surface area contributed by atoms with Crippen LogP contribution in [0.15, 0.2) is 95.9 Å². The van der Waals surface area contributed by atoms with E-state index in [2.05, 4.69) is 4.72 Å². The van der Waals surface area contributed by atoms with Gasteiger partial charge in [-0.2, -0.15) is 0 Å². The molecule has 0 aliphatic carbocycles. The van der Waals surface area contributed by atoms with Crippen LogP contribution in [0, 0.1) is 0 Å². The third-order valence-corrected chi connectivity index (χ3v) is 6.61. The van der Waals surface area contributed by atoms with Crippen LogP contribution in [-0.2, 0) is 10.0 Å². The smallest absolute Gasteiger partial charge is 0.266 e. The molecule has 5 rings (SSSR count). The number of amides is 2. The number of fused-ring (bicyclic) bond motifs is 2. The van der Waals surface area contributed by atoms with E-state index in [9.17, 15) is 18.0 Å². The second-order valence-corrected chi connectivity index (χ2v) is 8.80. The molecule has 7 heteroatoms. The van der Waals surface area contributed by atoms with Crippen LogP contribution in [0.1, 0.15) is 20.7 Å². The monoisotopic (exact) mass is 428 g/mol. The summed E-state index contributed by atoms with van der Waals surface area (Å²) in [4.78, 5) is 26.3. The van der Waals surface area contributed by atoms with Crippen molar-refractivity contribution in [1.82, 2.24) is 0 Å². The molecule has 0 spiro atoms. The molecule has 1 aliphatic rings. The highest BCUT2D eigenvalue weighted by molar-refractivity contribution is 7.92. The normalized spacial score (nSPS) is 13.5. The molecule has 1 heterocycles. The molecule has 0 atom stereocenters. The van der Waals surface area contributed by atoms with Crippen molar-refractivity contribution in [2.45, 2.75) is 4.90 Å². The minimum atomic E-state index is -3.86. The first-order valence-electron chi connectivity index (χ1n) is 9.54. The molecular weight excluding hydrogens is 412 g/mol. The highest BCUT2D eigenvalue weighted by Gasteiger charge is 2.36. The molecule has 0 radical (unpaired) electrons. The summed E-state index contributed by atoms with van der Waals surface area (Å²) in [5, 5.41) is 1.71. The van der Waals surface area contributed by atoms with Crippen LogP contribution >= 0.6 is 0 Å². The van der Waals surface area contributed by atoms with Crippen molar-refractivity contribution in [3.63, 3.8) is 0 Å². The van der Waals surface area contributed by atoms with Gasteiger partial charge in [-0.05, 0) is 47.9 Å². The van der Waals surface area contributed by atoms with Gasteiger partial charge in [0.05, 0.1) is 27.4 Å². The molecule has 0 unspecified atom stereocenters. The first-order valence-corrected chi connectivity index (χ1v) is 11.0. The van der Waals surface area contributed by atoms with Crippen LogP contribution in [0.3, 0.4) is 0 Å². The second-order valence-electron chi connectivity index (χ2n) is 7.12. The van der Waals surface area contributed by atoms with Gasteiger partial charge in [0.2, 0.25) is 0 Å². The van der Waals surface area contributed by atoms with E-state index >= 15 is 0 Å². The van der Waals surface area contributed by atoms with Crippen LogP contribution in [-0.4, -0.2) is 20.2 Å². The number of hydrogen-bond acceptors (Lipinski definition) is 4. The summed E-state index contributed by atoms with van der Waals surface area (Å²) >= 11 is 0. The van der Waals surface area contributed by atoms with Gasteiger partial charge in [0.25, 0.3) is 21.8 Å². The summed E-state index contributed by atoms with van der Waals surface area (Å²) in [6.07, 6.45) is 0. The Morgan fingerprint density at radius 3 is 1.90 bits per heavy atom. The van der Waals surface area contributed by atoms with Gasteiger partial charge in [0.15, 0.2) is 0 Å². The number of carbonyl (C=O) groups is 2. The summed E-state index contributed by atoms with van der Waals surface area (Å²) in [7, 11) is -3.86.